The lowest BCUT2D eigenvalue weighted by Crippen LogP contribution is -2.36. The van der Waals surface area contributed by atoms with Crippen LogP contribution in [0.1, 0.15) is 45.9 Å². The van der Waals surface area contributed by atoms with Gasteiger partial charge in [-0.15, -0.1) is 0 Å². The summed E-state index contributed by atoms with van der Waals surface area (Å²) in [6.45, 7) is 0. The number of nitrogens with zero attached hydrogens (tertiary/aromatic N) is 1. The Labute approximate surface area is 139 Å². The molecule has 1 amide bonds. The van der Waals surface area contributed by atoms with E-state index in [1.807, 2.05) is 6.07 Å². The molecule has 0 saturated heterocycles. The second-order valence-corrected chi connectivity index (χ2v) is 5.94. The summed E-state index contributed by atoms with van der Waals surface area (Å²) in [5, 5.41) is 22.4. The van der Waals surface area contributed by atoms with E-state index < -0.39 is 18.0 Å². The molecule has 5 heteroatoms. The van der Waals surface area contributed by atoms with Crippen LogP contribution in [0.15, 0.2) is 42.5 Å². The van der Waals surface area contributed by atoms with Gasteiger partial charge >= 0.3 is 0 Å². The Kier molecular flexibility index (Phi) is 4.59. The molecule has 0 aromatic heterocycles. The number of halogens is 1. The number of hydrogen-bond donors (Lipinski definition) is 2. The molecule has 24 heavy (non-hydrogen) atoms. The largest absolute Gasteiger partial charge is 0.391 e. The maximum absolute atomic E-state index is 13.0. The number of fused-ring (bicyclic) bond motifs is 1. The van der Waals surface area contributed by atoms with Gasteiger partial charge in [0.25, 0.3) is 5.91 Å². The van der Waals surface area contributed by atoms with Gasteiger partial charge in [0.15, 0.2) is 0 Å². The number of aliphatic hydroxyl groups is 1. The molecule has 4 nitrogen and oxygen atoms in total. The van der Waals surface area contributed by atoms with Crippen molar-refractivity contribution in [3.8, 4) is 6.07 Å². The van der Waals surface area contributed by atoms with E-state index in [1.54, 1.807) is 12.1 Å². The van der Waals surface area contributed by atoms with Gasteiger partial charge in [0.05, 0.1) is 23.8 Å². The van der Waals surface area contributed by atoms with E-state index in [0.717, 1.165) is 24.0 Å². The predicted octanol–water partition coefficient (Wildman–Crippen LogP) is 2.87. The summed E-state index contributed by atoms with van der Waals surface area (Å²) < 4.78 is 13.0. The smallest absolute Gasteiger partial charge is 0.251 e. The second kappa shape index (κ2) is 6.81. The van der Waals surface area contributed by atoms with Crippen LogP contribution in [0.5, 0.6) is 0 Å². The molecule has 0 heterocycles. The highest BCUT2D eigenvalue weighted by Crippen LogP contribution is 2.30. The number of aryl methyl sites for hydroxylation is 1. The summed E-state index contributed by atoms with van der Waals surface area (Å²) in [4.78, 5) is 12.4. The molecule has 2 aromatic rings. The minimum Gasteiger partial charge on any atom is -0.391 e. The fraction of sp³-hybridized carbons (Fsp3) is 0.263. The molecule has 1 aliphatic rings. The second-order valence-electron chi connectivity index (χ2n) is 5.94. The minimum absolute atomic E-state index is 0.325. The lowest BCUT2D eigenvalue weighted by atomic mass is 9.95. The van der Waals surface area contributed by atoms with Crippen LogP contribution < -0.4 is 5.32 Å². The van der Waals surface area contributed by atoms with E-state index in [2.05, 4.69) is 11.4 Å². The Hall–Kier alpha value is -2.71. The summed E-state index contributed by atoms with van der Waals surface area (Å²) in [6.07, 6.45) is 1.43. The SMILES string of the molecule is N#Cc1ccc2c(c1)[C@H](NC(=O)c1ccc(F)cc1)[C@@H](O)CCC2. The van der Waals surface area contributed by atoms with Crippen molar-refractivity contribution in [1.29, 1.82) is 5.26 Å². The van der Waals surface area contributed by atoms with Crippen LogP contribution in [0.3, 0.4) is 0 Å². The number of hydrogen-bond acceptors (Lipinski definition) is 3. The quantitative estimate of drug-likeness (QED) is 0.834. The third kappa shape index (κ3) is 3.29. The van der Waals surface area contributed by atoms with E-state index >= 15 is 0 Å². The van der Waals surface area contributed by atoms with Crippen molar-refractivity contribution in [2.75, 3.05) is 0 Å². The van der Waals surface area contributed by atoms with E-state index in [1.165, 1.54) is 24.3 Å². The molecule has 0 saturated carbocycles. The molecule has 2 N–H and O–H groups in total. The topological polar surface area (TPSA) is 73.1 Å². The van der Waals surface area contributed by atoms with Gasteiger partial charge in [0, 0.05) is 5.56 Å². The molecule has 0 radical (unpaired) electrons. The molecule has 122 valence electrons. The first kappa shape index (κ1) is 16.2. The summed E-state index contributed by atoms with van der Waals surface area (Å²) >= 11 is 0. The van der Waals surface area contributed by atoms with Gasteiger partial charge in [0.2, 0.25) is 0 Å². The standard InChI is InChI=1S/C19H17FN2O2/c20-15-8-6-14(7-9-15)19(24)22-18-16-10-12(11-21)4-5-13(16)2-1-3-17(18)23/h4-10,17-18,23H,1-3H2,(H,22,24)/t17-,18-/m0/s1. The number of nitrogens with one attached hydrogen (secondary N) is 1. The lowest BCUT2D eigenvalue weighted by Gasteiger charge is -2.24. The van der Waals surface area contributed by atoms with Crippen LogP contribution in [0, 0.1) is 17.1 Å². The zero-order valence-electron chi connectivity index (χ0n) is 13.0. The first-order valence-electron chi connectivity index (χ1n) is 7.86. The lowest BCUT2D eigenvalue weighted by molar-refractivity contribution is 0.0817. The molecule has 1 aliphatic carbocycles. The van der Waals surface area contributed by atoms with Crippen LogP contribution in [-0.4, -0.2) is 17.1 Å². The van der Waals surface area contributed by atoms with Gasteiger partial charge in [-0.25, -0.2) is 4.39 Å². The van der Waals surface area contributed by atoms with Crippen LogP contribution in [0.25, 0.3) is 0 Å². The third-order valence-corrected chi connectivity index (χ3v) is 4.33. The first-order chi connectivity index (χ1) is 11.6. The van der Waals surface area contributed by atoms with Gasteiger partial charge < -0.3 is 10.4 Å². The molecule has 0 unspecified atom stereocenters. The summed E-state index contributed by atoms with van der Waals surface area (Å²) in [7, 11) is 0. The summed E-state index contributed by atoms with van der Waals surface area (Å²) in [5.74, 6) is -0.792. The molecule has 2 aromatic carbocycles. The number of nitriles is 1. The fourth-order valence-electron chi connectivity index (χ4n) is 3.06. The third-order valence-electron chi connectivity index (χ3n) is 4.33. The number of amides is 1. The molecule has 3 rings (SSSR count). The molecule has 0 aliphatic heterocycles. The van der Waals surface area contributed by atoms with Gasteiger partial charge in [-0.05, 0) is 66.8 Å². The number of aliphatic hydroxyl groups excluding tert-OH is 1. The Morgan fingerprint density at radius 3 is 2.71 bits per heavy atom. The van der Waals surface area contributed by atoms with Gasteiger partial charge in [-0.3, -0.25) is 4.79 Å². The zero-order valence-corrected chi connectivity index (χ0v) is 13.0. The zero-order chi connectivity index (χ0) is 17.1. The molecular formula is C19H17FN2O2. The molecule has 0 spiro atoms. The molecule has 2 atom stereocenters. The highest BCUT2D eigenvalue weighted by atomic mass is 19.1. The van der Waals surface area contributed by atoms with E-state index in [-0.39, 0.29) is 5.91 Å². The van der Waals surface area contributed by atoms with Gasteiger partial charge in [0.1, 0.15) is 5.82 Å². The van der Waals surface area contributed by atoms with Gasteiger partial charge in [-0.1, -0.05) is 6.07 Å². The molecular weight excluding hydrogens is 307 g/mol. The van der Waals surface area contributed by atoms with E-state index in [9.17, 15) is 14.3 Å². The van der Waals surface area contributed by atoms with Crippen LogP contribution in [-0.2, 0) is 6.42 Å². The highest BCUT2D eigenvalue weighted by Gasteiger charge is 2.28. The summed E-state index contributed by atoms with van der Waals surface area (Å²) in [5.41, 5.74) is 2.61. The average molecular weight is 324 g/mol. The van der Waals surface area contributed by atoms with Crippen LogP contribution in [0.2, 0.25) is 0 Å². The average Bonchev–Trinajstić information content (AvgIpc) is 2.74. The molecule has 0 fully saturated rings. The summed E-state index contributed by atoms with van der Waals surface area (Å²) in [6, 6.07) is 12.1. The first-order valence-corrected chi connectivity index (χ1v) is 7.86. The predicted molar refractivity (Wildman–Crippen MR) is 86.7 cm³/mol. The minimum atomic E-state index is -0.732. The Morgan fingerprint density at radius 2 is 2.00 bits per heavy atom. The highest BCUT2D eigenvalue weighted by molar-refractivity contribution is 5.94. The number of carbonyl (C=O) groups is 1. The van der Waals surface area contributed by atoms with Crippen molar-refractivity contribution in [3.05, 3.63) is 70.5 Å². The number of benzene rings is 2. The van der Waals surface area contributed by atoms with Crippen molar-refractivity contribution in [1.82, 2.24) is 5.32 Å². The monoisotopic (exact) mass is 324 g/mol. The number of rotatable bonds is 2. The van der Waals surface area contributed by atoms with Crippen molar-refractivity contribution in [3.63, 3.8) is 0 Å². The fourth-order valence-corrected chi connectivity index (χ4v) is 3.06. The van der Waals surface area contributed by atoms with Crippen LogP contribution >= 0.6 is 0 Å². The van der Waals surface area contributed by atoms with Gasteiger partial charge in [-0.2, -0.15) is 5.26 Å². The Morgan fingerprint density at radius 1 is 1.25 bits per heavy atom. The van der Waals surface area contributed by atoms with Crippen molar-refractivity contribution in [2.45, 2.75) is 31.4 Å². The van der Waals surface area contributed by atoms with Crippen molar-refractivity contribution in [2.24, 2.45) is 0 Å². The van der Waals surface area contributed by atoms with Crippen molar-refractivity contribution >= 4 is 5.91 Å². The molecule has 0 bridgehead atoms. The Bertz CT molecular complexity index is 796. The van der Waals surface area contributed by atoms with Crippen molar-refractivity contribution < 1.29 is 14.3 Å². The van der Waals surface area contributed by atoms with E-state index in [0.29, 0.717) is 17.5 Å². The number of carbonyl (C=O) groups excluding carboxylic acids is 1. The van der Waals surface area contributed by atoms with E-state index in [4.69, 9.17) is 5.26 Å². The maximum Gasteiger partial charge on any atom is 0.251 e. The maximum atomic E-state index is 13.0. The Balaban J connectivity index is 1.92. The normalized spacial score (nSPS) is 19.7. The van der Waals surface area contributed by atoms with Crippen LogP contribution in [0.4, 0.5) is 4.39 Å².